The molecule has 0 atom stereocenters. The van der Waals surface area contributed by atoms with Gasteiger partial charge >= 0.3 is 0 Å². The molecule has 0 N–H and O–H groups in total. The zero-order valence-electron chi connectivity index (χ0n) is 12.6. The van der Waals surface area contributed by atoms with E-state index in [0.29, 0.717) is 23.1 Å². The van der Waals surface area contributed by atoms with Crippen molar-refractivity contribution in [2.24, 2.45) is 5.92 Å². The van der Waals surface area contributed by atoms with Crippen molar-refractivity contribution in [1.29, 1.82) is 0 Å². The number of halogens is 1. The Morgan fingerprint density at radius 3 is 2.82 bits per heavy atom. The molecular weight excluding hydrogens is 283 g/mol. The van der Waals surface area contributed by atoms with Gasteiger partial charge in [-0.05, 0) is 30.9 Å². The average molecular weight is 302 g/mol. The van der Waals surface area contributed by atoms with Crippen LogP contribution in [0.1, 0.15) is 12.8 Å². The van der Waals surface area contributed by atoms with Gasteiger partial charge in [-0.25, -0.2) is 9.37 Å². The van der Waals surface area contributed by atoms with Gasteiger partial charge in [-0.1, -0.05) is 12.1 Å². The second kappa shape index (κ2) is 6.79. The SMILES string of the molecule is CN(CC1CCOCC1)c1nncc(-c2ccccc2F)n1. The minimum absolute atomic E-state index is 0.305. The van der Waals surface area contributed by atoms with Gasteiger partial charge in [0, 0.05) is 32.4 Å². The van der Waals surface area contributed by atoms with E-state index in [1.807, 2.05) is 11.9 Å². The molecule has 0 saturated carbocycles. The van der Waals surface area contributed by atoms with Crippen LogP contribution in [0.25, 0.3) is 11.3 Å². The third-order valence-corrected chi connectivity index (χ3v) is 3.91. The topological polar surface area (TPSA) is 51.1 Å². The van der Waals surface area contributed by atoms with Crippen LogP contribution in [-0.2, 0) is 4.74 Å². The molecule has 1 aromatic heterocycles. The maximum atomic E-state index is 13.9. The molecule has 1 fully saturated rings. The fourth-order valence-corrected chi connectivity index (χ4v) is 2.65. The highest BCUT2D eigenvalue weighted by molar-refractivity contribution is 5.59. The average Bonchev–Trinajstić information content (AvgIpc) is 2.56. The molecule has 2 heterocycles. The summed E-state index contributed by atoms with van der Waals surface area (Å²) in [4.78, 5) is 6.43. The van der Waals surface area contributed by atoms with Crippen LogP contribution in [0.2, 0.25) is 0 Å². The van der Waals surface area contributed by atoms with Crippen molar-refractivity contribution < 1.29 is 9.13 Å². The summed E-state index contributed by atoms with van der Waals surface area (Å²) in [5, 5.41) is 8.04. The monoisotopic (exact) mass is 302 g/mol. The quantitative estimate of drug-likeness (QED) is 0.868. The van der Waals surface area contributed by atoms with Crippen LogP contribution in [0.15, 0.2) is 30.5 Å². The summed E-state index contributed by atoms with van der Waals surface area (Å²) in [5.41, 5.74) is 0.944. The summed E-state index contributed by atoms with van der Waals surface area (Å²) in [5.74, 6) is 0.785. The fourth-order valence-electron chi connectivity index (χ4n) is 2.65. The van der Waals surface area contributed by atoms with Crippen molar-refractivity contribution in [1.82, 2.24) is 15.2 Å². The van der Waals surface area contributed by atoms with E-state index < -0.39 is 0 Å². The van der Waals surface area contributed by atoms with E-state index in [2.05, 4.69) is 15.2 Å². The van der Waals surface area contributed by atoms with Crippen molar-refractivity contribution in [3.05, 3.63) is 36.3 Å². The molecule has 1 aliphatic rings. The van der Waals surface area contributed by atoms with Crippen molar-refractivity contribution in [2.45, 2.75) is 12.8 Å². The van der Waals surface area contributed by atoms with Crippen LogP contribution >= 0.6 is 0 Å². The molecule has 5 nitrogen and oxygen atoms in total. The van der Waals surface area contributed by atoms with Gasteiger partial charge < -0.3 is 9.64 Å². The molecular formula is C16H19FN4O. The molecule has 1 aliphatic heterocycles. The first-order valence-corrected chi connectivity index (χ1v) is 7.47. The van der Waals surface area contributed by atoms with E-state index in [4.69, 9.17) is 4.74 Å². The Morgan fingerprint density at radius 2 is 2.05 bits per heavy atom. The Labute approximate surface area is 129 Å². The second-order valence-electron chi connectivity index (χ2n) is 5.56. The lowest BCUT2D eigenvalue weighted by Gasteiger charge is -2.26. The van der Waals surface area contributed by atoms with E-state index in [1.165, 1.54) is 12.3 Å². The lowest BCUT2D eigenvalue weighted by atomic mass is 10.00. The van der Waals surface area contributed by atoms with E-state index in [-0.39, 0.29) is 5.82 Å². The van der Waals surface area contributed by atoms with E-state index in [9.17, 15) is 4.39 Å². The van der Waals surface area contributed by atoms with E-state index in [0.717, 1.165) is 32.6 Å². The summed E-state index contributed by atoms with van der Waals surface area (Å²) >= 11 is 0. The molecule has 22 heavy (non-hydrogen) atoms. The van der Waals surface area contributed by atoms with Crippen molar-refractivity contribution in [2.75, 3.05) is 31.7 Å². The number of ether oxygens (including phenoxy) is 1. The number of rotatable bonds is 4. The first kappa shape index (κ1) is 14.8. The molecule has 0 aliphatic carbocycles. The molecule has 6 heteroatoms. The van der Waals surface area contributed by atoms with Crippen LogP contribution in [0.3, 0.4) is 0 Å². The summed E-state index contributed by atoms with van der Waals surface area (Å²) < 4.78 is 19.2. The normalized spacial score (nSPS) is 15.7. The third kappa shape index (κ3) is 3.39. The van der Waals surface area contributed by atoms with E-state index in [1.54, 1.807) is 18.2 Å². The van der Waals surface area contributed by atoms with Gasteiger partial charge in [0.05, 0.1) is 11.9 Å². The summed E-state index contributed by atoms with van der Waals surface area (Å²) in [7, 11) is 1.94. The van der Waals surface area contributed by atoms with Gasteiger partial charge in [-0.3, -0.25) is 0 Å². The Morgan fingerprint density at radius 1 is 1.27 bits per heavy atom. The number of hydrogen-bond donors (Lipinski definition) is 0. The van der Waals surface area contributed by atoms with E-state index >= 15 is 0 Å². The molecule has 0 radical (unpaired) electrons. The highest BCUT2D eigenvalue weighted by Crippen LogP contribution is 2.22. The zero-order valence-corrected chi connectivity index (χ0v) is 12.6. The van der Waals surface area contributed by atoms with Crippen LogP contribution in [-0.4, -0.2) is 42.0 Å². The number of anilines is 1. The predicted octanol–water partition coefficient (Wildman–Crippen LogP) is 2.54. The van der Waals surface area contributed by atoms with Crippen LogP contribution < -0.4 is 4.90 Å². The predicted molar refractivity (Wildman–Crippen MR) is 82.0 cm³/mol. The van der Waals surface area contributed by atoms with Crippen LogP contribution in [0.5, 0.6) is 0 Å². The molecule has 116 valence electrons. The number of benzene rings is 1. The summed E-state index contributed by atoms with van der Waals surface area (Å²) in [6.07, 6.45) is 3.58. The molecule has 3 rings (SSSR count). The van der Waals surface area contributed by atoms with Gasteiger partial charge in [-0.2, -0.15) is 5.10 Å². The molecule has 0 spiro atoms. The zero-order chi connectivity index (χ0) is 15.4. The summed E-state index contributed by atoms with van der Waals surface area (Å²) in [6, 6.07) is 6.56. The number of hydrogen-bond acceptors (Lipinski definition) is 5. The number of nitrogens with zero attached hydrogens (tertiary/aromatic N) is 4. The Balaban J connectivity index is 1.77. The van der Waals surface area contributed by atoms with Gasteiger partial charge in [0.25, 0.3) is 0 Å². The molecule has 0 unspecified atom stereocenters. The van der Waals surface area contributed by atoms with Crippen molar-refractivity contribution >= 4 is 5.95 Å². The van der Waals surface area contributed by atoms with Crippen LogP contribution in [0, 0.1) is 11.7 Å². The summed E-state index contributed by atoms with van der Waals surface area (Å²) in [6.45, 7) is 2.48. The molecule has 0 amide bonds. The third-order valence-electron chi connectivity index (χ3n) is 3.91. The Kier molecular flexibility index (Phi) is 4.58. The number of aromatic nitrogens is 3. The van der Waals surface area contributed by atoms with Crippen molar-refractivity contribution in [3.8, 4) is 11.3 Å². The first-order valence-electron chi connectivity index (χ1n) is 7.47. The highest BCUT2D eigenvalue weighted by atomic mass is 19.1. The van der Waals surface area contributed by atoms with Gasteiger partial charge in [-0.15, -0.1) is 5.10 Å². The lowest BCUT2D eigenvalue weighted by molar-refractivity contribution is 0.0684. The van der Waals surface area contributed by atoms with Crippen LogP contribution in [0.4, 0.5) is 10.3 Å². The minimum Gasteiger partial charge on any atom is -0.381 e. The molecule has 1 aromatic carbocycles. The standard InChI is InChI=1S/C16H19FN4O/c1-21(11-12-6-8-22-9-7-12)16-19-15(10-18-20-16)13-4-2-3-5-14(13)17/h2-5,10,12H,6-9,11H2,1H3. The van der Waals surface area contributed by atoms with Gasteiger partial charge in [0.15, 0.2) is 0 Å². The first-order chi connectivity index (χ1) is 10.7. The van der Waals surface area contributed by atoms with Gasteiger partial charge in [0.2, 0.25) is 5.95 Å². The lowest BCUT2D eigenvalue weighted by Crippen LogP contribution is -2.30. The molecule has 1 saturated heterocycles. The minimum atomic E-state index is -0.305. The molecule has 2 aromatic rings. The second-order valence-corrected chi connectivity index (χ2v) is 5.56. The molecule has 0 bridgehead atoms. The van der Waals surface area contributed by atoms with Crippen molar-refractivity contribution in [3.63, 3.8) is 0 Å². The largest absolute Gasteiger partial charge is 0.381 e. The Hall–Kier alpha value is -2.08. The highest BCUT2D eigenvalue weighted by Gasteiger charge is 2.18. The van der Waals surface area contributed by atoms with Gasteiger partial charge in [0.1, 0.15) is 5.82 Å². The maximum absolute atomic E-state index is 13.9. The Bertz CT molecular complexity index is 631. The fraction of sp³-hybridized carbons (Fsp3) is 0.438. The smallest absolute Gasteiger partial charge is 0.245 e. The maximum Gasteiger partial charge on any atom is 0.245 e.